The van der Waals surface area contributed by atoms with Crippen LogP contribution < -0.4 is 16.1 Å². The molecule has 0 fully saturated rings. The first-order chi connectivity index (χ1) is 10.1. The van der Waals surface area contributed by atoms with Gasteiger partial charge in [-0.05, 0) is 35.9 Å². The molecule has 0 unspecified atom stereocenters. The van der Waals surface area contributed by atoms with Crippen molar-refractivity contribution in [1.82, 2.24) is 0 Å². The third-order valence-electron chi connectivity index (χ3n) is 3.01. The molecule has 2 N–H and O–H groups in total. The number of nitrogens with two attached hydrogens (primary N) is 1. The zero-order valence-corrected chi connectivity index (χ0v) is 11.8. The number of hydrogen-bond donors (Lipinski definition) is 1. The zero-order valence-electron chi connectivity index (χ0n) is 11.0. The van der Waals surface area contributed by atoms with Crippen molar-refractivity contribution in [3.05, 3.63) is 69.5 Å². The maximum atomic E-state index is 11.6. The summed E-state index contributed by atoms with van der Waals surface area (Å²) in [5.74, 6) is 0.436. The first-order valence-corrected chi connectivity index (χ1v) is 6.70. The Morgan fingerprint density at radius 1 is 1.14 bits per heavy atom. The number of rotatable bonds is 3. The third-order valence-corrected chi connectivity index (χ3v) is 3.25. The summed E-state index contributed by atoms with van der Waals surface area (Å²) in [6.07, 6.45) is 0. The predicted molar refractivity (Wildman–Crippen MR) is 82.7 cm³/mol. The lowest BCUT2D eigenvalue weighted by Gasteiger charge is -2.09. The number of ether oxygens (including phenoxy) is 1. The molecule has 2 aromatic carbocycles. The van der Waals surface area contributed by atoms with Gasteiger partial charge in [0.25, 0.3) is 0 Å². The van der Waals surface area contributed by atoms with Gasteiger partial charge in [-0.2, -0.15) is 0 Å². The number of benzene rings is 2. The van der Waals surface area contributed by atoms with Crippen molar-refractivity contribution in [3.8, 4) is 5.75 Å². The van der Waals surface area contributed by atoms with Crippen LogP contribution in [-0.4, -0.2) is 0 Å². The lowest BCUT2D eigenvalue weighted by atomic mass is 10.2. The van der Waals surface area contributed by atoms with E-state index < -0.39 is 5.63 Å². The molecular weight excluding hydrogens is 290 g/mol. The lowest BCUT2D eigenvalue weighted by molar-refractivity contribution is 0.307. The summed E-state index contributed by atoms with van der Waals surface area (Å²) in [6.45, 7) is 0.302. The van der Waals surface area contributed by atoms with Crippen molar-refractivity contribution in [2.45, 2.75) is 6.61 Å². The smallest absolute Gasteiger partial charge is 0.339 e. The minimum absolute atomic E-state index is 0.302. The summed E-state index contributed by atoms with van der Waals surface area (Å²) in [6, 6.07) is 13.7. The Hall–Kier alpha value is -2.46. The van der Waals surface area contributed by atoms with Crippen LogP contribution in [0, 0.1) is 0 Å². The molecule has 21 heavy (non-hydrogen) atoms. The molecule has 0 aliphatic heterocycles. The van der Waals surface area contributed by atoms with Gasteiger partial charge in [0.2, 0.25) is 0 Å². The molecule has 0 amide bonds. The van der Waals surface area contributed by atoms with E-state index in [1.54, 1.807) is 24.3 Å². The molecule has 1 heterocycles. The molecule has 0 atom stereocenters. The van der Waals surface area contributed by atoms with Crippen molar-refractivity contribution >= 4 is 28.3 Å². The first kappa shape index (κ1) is 13.5. The van der Waals surface area contributed by atoms with Gasteiger partial charge in [-0.25, -0.2) is 4.79 Å². The first-order valence-electron chi connectivity index (χ1n) is 6.32. The maximum Gasteiger partial charge on any atom is 0.339 e. The molecular formula is C16H12ClNO3. The molecule has 3 aromatic rings. The summed E-state index contributed by atoms with van der Waals surface area (Å²) < 4.78 is 10.8. The molecule has 5 heteroatoms. The Morgan fingerprint density at radius 3 is 2.81 bits per heavy atom. The fourth-order valence-corrected chi connectivity index (χ4v) is 2.24. The second-order valence-electron chi connectivity index (χ2n) is 4.60. The van der Waals surface area contributed by atoms with Crippen LogP contribution in [-0.2, 0) is 6.61 Å². The average Bonchev–Trinajstić information content (AvgIpc) is 2.45. The minimum atomic E-state index is -0.465. The quantitative estimate of drug-likeness (QED) is 0.593. The molecule has 0 radical (unpaired) electrons. The van der Waals surface area contributed by atoms with Crippen LogP contribution in [0.3, 0.4) is 0 Å². The summed E-state index contributed by atoms with van der Waals surface area (Å²) in [7, 11) is 0. The van der Waals surface area contributed by atoms with Gasteiger partial charge in [0, 0.05) is 10.7 Å². The number of hydrogen-bond acceptors (Lipinski definition) is 4. The van der Waals surface area contributed by atoms with E-state index in [1.807, 2.05) is 18.2 Å². The SMILES string of the molecule is Nc1cccc(COc2cc(=O)oc3ccc(Cl)cc23)c1. The number of fused-ring (bicyclic) bond motifs is 1. The summed E-state index contributed by atoms with van der Waals surface area (Å²) in [4.78, 5) is 11.6. The minimum Gasteiger partial charge on any atom is -0.488 e. The molecule has 0 bridgehead atoms. The average molecular weight is 302 g/mol. The van der Waals surface area contributed by atoms with Crippen LogP contribution in [0.1, 0.15) is 5.56 Å². The fourth-order valence-electron chi connectivity index (χ4n) is 2.07. The highest BCUT2D eigenvalue weighted by atomic mass is 35.5. The summed E-state index contributed by atoms with van der Waals surface area (Å²) >= 11 is 5.98. The highest BCUT2D eigenvalue weighted by molar-refractivity contribution is 6.31. The van der Waals surface area contributed by atoms with E-state index >= 15 is 0 Å². The van der Waals surface area contributed by atoms with E-state index in [1.165, 1.54) is 6.07 Å². The van der Waals surface area contributed by atoms with E-state index in [9.17, 15) is 4.79 Å². The lowest BCUT2D eigenvalue weighted by Crippen LogP contribution is -2.02. The van der Waals surface area contributed by atoms with Crippen LogP contribution in [0.5, 0.6) is 5.75 Å². The molecule has 0 aliphatic carbocycles. The zero-order chi connectivity index (χ0) is 14.8. The molecule has 1 aromatic heterocycles. The normalized spacial score (nSPS) is 10.7. The molecule has 0 aliphatic rings. The third kappa shape index (κ3) is 3.01. The van der Waals surface area contributed by atoms with Crippen molar-refractivity contribution in [1.29, 1.82) is 0 Å². The number of nitrogen functional groups attached to an aromatic ring is 1. The Morgan fingerprint density at radius 2 is 2.00 bits per heavy atom. The van der Waals surface area contributed by atoms with Crippen molar-refractivity contribution in [2.75, 3.05) is 5.73 Å². The standard InChI is InChI=1S/C16H12ClNO3/c17-11-4-5-14-13(7-11)15(8-16(19)21-14)20-9-10-2-1-3-12(18)6-10/h1-8H,9,18H2. The van der Waals surface area contributed by atoms with Crippen LogP contribution in [0.4, 0.5) is 5.69 Å². The second kappa shape index (κ2) is 5.50. The van der Waals surface area contributed by atoms with Gasteiger partial charge in [0.15, 0.2) is 0 Å². The molecule has 106 valence electrons. The number of anilines is 1. The Labute approximate surface area is 125 Å². The van der Waals surface area contributed by atoms with Gasteiger partial charge in [0.05, 0.1) is 11.5 Å². The number of halogens is 1. The van der Waals surface area contributed by atoms with E-state index in [0.717, 1.165) is 5.56 Å². The van der Waals surface area contributed by atoms with Gasteiger partial charge in [0.1, 0.15) is 17.9 Å². The monoisotopic (exact) mass is 301 g/mol. The van der Waals surface area contributed by atoms with E-state index in [4.69, 9.17) is 26.5 Å². The van der Waals surface area contributed by atoms with Crippen LogP contribution in [0.25, 0.3) is 11.0 Å². The fraction of sp³-hybridized carbons (Fsp3) is 0.0625. The van der Waals surface area contributed by atoms with Gasteiger partial charge < -0.3 is 14.9 Å². The summed E-state index contributed by atoms with van der Waals surface area (Å²) in [5, 5.41) is 1.20. The van der Waals surface area contributed by atoms with Crippen LogP contribution in [0.2, 0.25) is 5.02 Å². The van der Waals surface area contributed by atoms with E-state index in [-0.39, 0.29) is 0 Å². The second-order valence-corrected chi connectivity index (χ2v) is 5.04. The van der Waals surface area contributed by atoms with Crippen LogP contribution >= 0.6 is 11.6 Å². The van der Waals surface area contributed by atoms with E-state index in [0.29, 0.717) is 34.0 Å². The van der Waals surface area contributed by atoms with Gasteiger partial charge >= 0.3 is 5.63 Å². The van der Waals surface area contributed by atoms with Gasteiger partial charge in [-0.3, -0.25) is 0 Å². The van der Waals surface area contributed by atoms with Crippen molar-refractivity contribution < 1.29 is 9.15 Å². The Balaban J connectivity index is 1.96. The molecule has 0 saturated heterocycles. The molecule has 3 rings (SSSR count). The summed E-state index contributed by atoms with van der Waals surface area (Å²) in [5.41, 5.74) is 7.28. The van der Waals surface area contributed by atoms with Crippen LogP contribution in [0.15, 0.2) is 57.7 Å². The molecule has 0 spiro atoms. The highest BCUT2D eigenvalue weighted by Crippen LogP contribution is 2.27. The van der Waals surface area contributed by atoms with E-state index in [2.05, 4.69) is 0 Å². The maximum absolute atomic E-state index is 11.6. The highest BCUT2D eigenvalue weighted by Gasteiger charge is 2.08. The largest absolute Gasteiger partial charge is 0.488 e. The van der Waals surface area contributed by atoms with Crippen molar-refractivity contribution in [3.63, 3.8) is 0 Å². The Bertz CT molecular complexity index is 858. The Kier molecular flexibility index (Phi) is 3.54. The van der Waals surface area contributed by atoms with Gasteiger partial charge in [-0.1, -0.05) is 23.7 Å². The predicted octanol–water partition coefficient (Wildman–Crippen LogP) is 3.61. The topological polar surface area (TPSA) is 65.5 Å². The molecule has 0 saturated carbocycles. The molecule has 4 nitrogen and oxygen atoms in total. The van der Waals surface area contributed by atoms with Gasteiger partial charge in [-0.15, -0.1) is 0 Å². The van der Waals surface area contributed by atoms with Crippen molar-refractivity contribution in [2.24, 2.45) is 0 Å².